The normalized spacial score (nSPS) is 10.5. The van der Waals surface area contributed by atoms with Crippen molar-refractivity contribution in [3.8, 4) is 11.6 Å². The number of aromatic amines is 1. The summed E-state index contributed by atoms with van der Waals surface area (Å²) >= 11 is 3.36. The number of halogens is 1. The predicted molar refractivity (Wildman–Crippen MR) is 61.1 cm³/mol. The van der Waals surface area contributed by atoms with Gasteiger partial charge in [0.05, 0.1) is 10.2 Å². The Bertz CT molecular complexity index is 466. The van der Waals surface area contributed by atoms with E-state index < -0.39 is 0 Å². The average Bonchev–Trinajstić information content (AvgIpc) is 2.75. The largest absolute Gasteiger partial charge is 0.383 e. The molecule has 2 aromatic rings. The highest BCUT2D eigenvalue weighted by atomic mass is 79.9. The lowest BCUT2D eigenvalue weighted by molar-refractivity contribution is 0.984. The summed E-state index contributed by atoms with van der Waals surface area (Å²) in [5, 5.41) is 0. The first kappa shape index (κ1) is 10.1. The number of imidazole rings is 1. The van der Waals surface area contributed by atoms with Gasteiger partial charge in [0, 0.05) is 12.4 Å². The maximum absolute atomic E-state index is 5.76. The number of nitrogens with two attached hydrogens (primary N) is 1. The van der Waals surface area contributed by atoms with Crippen molar-refractivity contribution in [3.05, 3.63) is 22.6 Å². The summed E-state index contributed by atoms with van der Waals surface area (Å²) in [6.45, 7) is 2.01. The molecule has 0 unspecified atom stereocenters. The molecule has 0 aliphatic heterocycles. The molecule has 2 rings (SSSR count). The smallest absolute Gasteiger partial charge is 0.197 e. The number of nitrogen functional groups attached to an aromatic ring is 1. The second-order valence-electron chi connectivity index (χ2n) is 2.98. The zero-order chi connectivity index (χ0) is 10.8. The minimum Gasteiger partial charge on any atom is -0.383 e. The van der Waals surface area contributed by atoms with Gasteiger partial charge in [-0.25, -0.2) is 15.0 Å². The van der Waals surface area contributed by atoms with Crippen LogP contribution in [-0.4, -0.2) is 19.9 Å². The monoisotopic (exact) mass is 267 g/mol. The van der Waals surface area contributed by atoms with Crippen molar-refractivity contribution in [2.45, 2.75) is 13.3 Å². The first-order valence-electron chi connectivity index (χ1n) is 4.54. The van der Waals surface area contributed by atoms with E-state index in [-0.39, 0.29) is 0 Å². The van der Waals surface area contributed by atoms with Crippen LogP contribution in [0.1, 0.15) is 12.6 Å². The molecule has 0 aromatic carbocycles. The van der Waals surface area contributed by atoms with Gasteiger partial charge in [-0.1, -0.05) is 6.92 Å². The molecule has 0 aliphatic carbocycles. The third kappa shape index (κ3) is 1.85. The molecule has 0 spiro atoms. The summed E-state index contributed by atoms with van der Waals surface area (Å²) in [7, 11) is 0. The van der Waals surface area contributed by atoms with Crippen molar-refractivity contribution >= 4 is 21.7 Å². The highest BCUT2D eigenvalue weighted by Gasteiger charge is 2.11. The lowest BCUT2D eigenvalue weighted by Gasteiger charge is -2.05. The molecule has 0 aliphatic rings. The van der Waals surface area contributed by atoms with Gasteiger partial charge in [0.2, 0.25) is 0 Å². The maximum atomic E-state index is 5.76. The Morgan fingerprint density at radius 3 is 2.87 bits per heavy atom. The van der Waals surface area contributed by atoms with Crippen LogP contribution in [0.2, 0.25) is 0 Å². The molecular weight excluding hydrogens is 258 g/mol. The van der Waals surface area contributed by atoms with Crippen LogP contribution in [0.25, 0.3) is 11.6 Å². The second kappa shape index (κ2) is 3.98. The number of anilines is 1. The van der Waals surface area contributed by atoms with E-state index in [0.29, 0.717) is 17.5 Å². The van der Waals surface area contributed by atoms with Gasteiger partial charge in [-0.05, 0) is 22.4 Å². The zero-order valence-corrected chi connectivity index (χ0v) is 9.74. The molecule has 3 N–H and O–H groups in total. The molecule has 0 fully saturated rings. The van der Waals surface area contributed by atoms with Crippen molar-refractivity contribution in [3.63, 3.8) is 0 Å². The van der Waals surface area contributed by atoms with Crippen molar-refractivity contribution < 1.29 is 0 Å². The quantitative estimate of drug-likeness (QED) is 0.869. The average molecular weight is 268 g/mol. The SMILES string of the molecule is CCc1nc(-c2ncc[nH]2)nc(N)c1Br. The van der Waals surface area contributed by atoms with Crippen molar-refractivity contribution in [2.75, 3.05) is 5.73 Å². The summed E-state index contributed by atoms with van der Waals surface area (Å²) in [6, 6.07) is 0. The lowest BCUT2D eigenvalue weighted by atomic mass is 10.3. The van der Waals surface area contributed by atoms with E-state index in [4.69, 9.17) is 5.73 Å². The number of nitrogens with zero attached hydrogens (tertiary/aromatic N) is 3. The van der Waals surface area contributed by atoms with Crippen LogP contribution in [0.4, 0.5) is 5.82 Å². The fourth-order valence-corrected chi connectivity index (χ4v) is 1.70. The van der Waals surface area contributed by atoms with Gasteiger partial charge in [0.25, 0.3) is 0 Å². The van der Waals surface area contributed by atoms with Crippen molar-refractivity contribution in [1.29, 1.82) is 0 Å². The molecule has 5 nitrogen and oxygen atoms in total. The van der Waals surface area contributed by atoms with E-state index in [2.05, 4.69) is 35.9 Å². The summed E-state index contributed by atoms with van der Waals surface area (Å²) in [4.78, 5) is 15.5. The lowest BCUT2D eigenvalue weighted by Crippen LogP contribution is -2.02. The van der Waals surface area contributed by atoms with Crippen LogP contribution in [-0.2, 0) is 6.42 Å². The zero-order valence-electron chi connectivity index (χ0n) is 8.16. The van der Waals surface area contributed by atoms with E-state index in [1.165, 1.54) is 0 Å². The molecule has 0 atom stereocenters. The fourth-order valence-electron chi connectivity index (χ4n) is 1.24. The van der Waals surface area contributed by atoms with Gasteiger partial charge in [0.15, 0.2) is 11.6 Å². The highest BCUT2D eigenvalue weighted by Crippen LogP contribution is 2.23. The molecule has 0 saturated carbocycles. The van der Waals surface area contributed by atoms with E-state index in [9.17, 15) is 0 Å². The molecule has 0 amide bonds. The topological polar surface area (TPSA) is 80.5 Å². The first-order valence-corrected chi connectivity index (χ1v) is 5.33. The minimum absolute atomic E-state index is 0.438. The Hall–Kier alpha value is -1.43. The fraction of sp³-hybridized carbons (Fsp3) is 0.222. The van der Waals surface area contributed by atoms with Gasteiger partial charge in [-0.3, -0.25) is 0 Å². The highest BCUT2D eigenvalue weighted by molar-refractivity contribution is 9.10. The first-order chi connectivity index (χ1) is 7.22. The van der Waals surface area contributed by atoms with E-state index in [1.54, 1.807) is 12.4 Å². The van der Waals surface area contributed by atoms with E-state index in [1.807, 2.05) is 6.92 Å². The van der Waals surface area contributed by atoms with Gasteiger partial charge < -0.3 is 10.7 Å². The number of aromatic nitrogens is 4. The molecule has 6 heteroatoms. The second-order valence-corrected chi connectivity index (χ2v) is 3.78. The molecule has 2 heterocycles. The van der Waals surface area contributed by atoms with Crippen LogP contribution in [0.5, 0.6) is 0 Å². The summed E-state index contributed by atoms with van der Waals surface area (Å²) in [5.74, 6) is 1.59. The van der Waals surface area contributed by atoms with Gasteiger partial charge in [-0.15, -0.1) is 0 Å². The minimum atomic E-state index is 0.438. The van der Waals surface area contributed by atoms with Crippen LogP contribution in [0, 0.1) is 0 Å². The third-order valence-corrected chi connectivity index (χ3v) is 2.85. The van der Waals surface area contributed by atoms with Crippen LogP contribution in [0.15, 0.2) is 16.9 Å². The number of nitrogens with one attached hydrogen (secondary N) is 1. The number of rotatable bonds is 2. The summed E-state index contributed by atoms with van der Waals surface area (Å²) in [5.41, 5.74) is 6.65. The molecule has 0 bridgehead atoms. The number of hydrogen-bond donors (Lipinski definition) is 2. The molecule has 0 radical (unpaired) electrons. The molecule has 2 aromatic heterocycles. The molecular formula is C9H10BrN5. The molecule has 15 heavy (non-hydrogen) atoms. The van der Waals surface area contributed by atoms with Crippen LogP contribution >= 0.6 is 15.9 Å². The Morgan fingerprint density at radius 1 is 1.47 bits per heavy atom. The number of hydrogen-bond acceptors (Lipinski definition) is 4. The molecule has 0 saturated heterocycles. The van der Waals surface area contributed by atoms with Gasteiger partial charge in [0.1, 0.15) is 5.82 Å². The number of H-pyrrole nitrogens is 1. The standard InChI is InChI=1S/C9H10BrN5/c1-2-5-6(10)7(11)15-9(14-5)8-12-3-4-13-8/h3-4H,2H2,1H3,(H,12,13)(H2,11,14,15). The van der Waals surface area contributed by atoms with Gasteiger partial charge in [-0.2, -0.15) is 0 Å². The van der Waals surface area contributed by atoms with E-state index >= 15 is 0 Å². The van der Waals surface area contributed by atoms with Gasteiger partial charge >= 0.3 is 0 Å². The van der Waals surface area contributed by atoms with Crippen LogP contribution < -0.4 is 5.73 Å². The predicted octanol–water partition coefficient (Wildman–Crippen LogP) is 1.77. The Labute approximate surface area is 95.3 Å². The summed E-state index contributed by atoms with van der Waals surface area (Å²) < 4.78 is 0.764. The Balaban J connectivity index is 2.55. The molecule has 78 valence electrons. The maximum Gasteiger partial charge on any atom is 0.197 e. The van der Waals surface area contributed by atoms with E-state index in [0.717, 1.165) is 16.6 Å². The summed E-state index contributed by atoms with van der Waals surface area (Å²) in [6.07, 6.45) is 4.17. The number of aryl methyl sites for hydroxylation is 1. The Morgan fingerprint density at radius 2 is 2.27 bits per heavy atom. The third-order valence-electron chi connectivity index (χ3n) is 1.99. The van der Waals surface area contributed by atoms with Crippen molar-refractivity contribution in [2.24, 2.45) is 0 Å². The Kier molecular flexibility index (Phi) is 2.68. The van der Waals surface area contributed by atoms with Crippen molar-refractivity contribution in [1.82, 2.24) is 19.9 Å². The van der Waals surface area contributed by atoms with Crippen LogP contribution in [0.3, 0.4) is 0 Å².